The summed E-state index contributed by atoms with van der Waals surface area (Å²) in [5.74, 6) is 1.11. The predicted molar refractivity (Wildman–Crippen MR) is 74.8 cm³/mol. The Balaban J connectivity index is 2.08. The molecular formula is C15H19N3. The van der Waals surface area contributed by atoms with Gasteiger partial charge in [0.05, 0.1) is 0 Å². The molecule has 2 heterocycles. The Hall–Kier alpha value is -1.77. The maximum Gasteiger partial charge on any atom is 0.140 e. The molecule has 0 amide bonds. The Kier molecular flexibility index (Phi) is 3.05. The molecule has 1 aliphatic rings. The molecule has 0 unspecified atom stereocenters. The van der Waals surface area contributed by atoms with Crippen molar-refractivity contribution in [2.45, 2.75) is 32.7 Å². The smallest absolute Gasteiger partial charge is 0.140 e. The molecular weight excluding hydrogens is 222 g/mol. The topological polar surface area (TPSA) is 29.9 Å². The Morgan fingerprint density at radius 1 is 1.39 bits per heavy atom. The number of nitrogens with one attached hydrogen (secondary N) is 1. The highest BCUT2D eigenvalue weighted by Gasteiger charge is 2.16. The fourth-order valence-corrected chi connectivity index (χ4v) is 2.69. The van der Waals surface area contributed by atoms with Gasteiger partial charge in [0.2, 0.25) is 0 Å². The van der Waals surface area contributed by atoms with Gasteiger partial charge in [0.25, 0.3) is 0 Å². The van der Waals surface area contributed by atoms with Crippen LogP contribution in [-0.2, 0) is 13.0 Å². The average Bonchev–Trinajstić information content (AvgIpc) is 2.87. The van der Waals surface area contributed by atoms with E-state index in [1.165, 1.54) is 23.2 Å². The Labute approximate surface area is 108 Å². The van der Waals surface area contributed by atoms with Crippen molar-refractivity contribution in [3.05, 3.63) is 36.2 Å². The maximum absolute atomic E-state index is 4.55. The predicted octanol–water partition coefficient (Wildman–Crippen LogP) is 3.32. The Morgan fingerprint density at radius 2 is 2.33 bits per heavy atom. The van der Waals surface area contributed by atoms with Crippen molar-refractivity contribution >= 4 is 5.69 Å². The van der Waals surface area contributed by atoms with Gasteiger partial charge in [-0.2, -0.15) is 0 Å². The Bertz CT molecular complexity index is 542. The van der Waals surface area contributed by atoms with Crippen LogP contribution in [-0.4, -0.2) is 16.1 Å². The van der Waals surface area contributed by atoms with Crippen molar-refractivity contribution in [2.24, 2.45) is 0 Å². The normalized spacial score (nSPS) is 14.1. The van der Waals surface area contributed by atoms with Crippen LogP contribution in [0.25, 0.3) is 11.4 Å². The summed E-state index contributed by atoms with van der Waals surface area (Å²) in [6.07, 6.45) is 7.47. The van der Waals surface area contributed by atoms with Crippen LogP contribution in [0.2, 0.25) is 0 Å². The molecule has 94 valence electrons. The minimum absolute atomic E-state index is 1.03. The number of anilines is 1. The van der Waals surface area contributed by atoms with Crippen molar-refractivity contribution in [1.82, 2.24) is 9.55 Å². The second-order valence-corrected chi connectivity index (χ2v) is 4.81. The van der Waals surface area contributed by atoms with Gasteiger partial charge in [0, 0.05) is 36.7 Å². The van der Waals surface area contributed by atoms with E-state index in [9.17, 15) is 0 Å². The lowest BCUT2D eigenvalue weighted by Crippen LogP contribution is -2.13. The van der Waals surface area contributed by atoms with E-state index in [1.54, 1.807) is 0 Å². The molecule has 1 aromatic carbocycles. The van der Waals surface area contributed by atoms with Crippen molar-refractivity contribution in [1.29, 1.82) is 0 Å². The standard InChI is InChI=1S/C15H19N3/c1-2-10-18-11-9-17-15(18)13-5-3-7-14-12(13)6-4-8-16-14/h3,5,7,9,11,16H,2,4,6,8,10H2,1H3. The van der Waals surface area contributed by atoms with Crippen molar-refractivity contribution in [3.63, 3.8) is 0 Å². The molecule has 18 heavy (non-hydrogen) atoms. The SMILES string of the molecule is CCCn1ccnc1-c1cccc2c1CCCN2. The first-order valence-electron chi connectivity index (χ1n) is 6.77. The maximum atomic E-state index is 4.55. The molecule has 1 aromatic heterocycles. The van der Waals surface area contributed by atoms with E-state index in [1.807, 2.05) is 6.20 Å². The van der Waals surface area contributed by atoms with Crippen molar-refractivity contribution in [3.8, 4) is 11.4 Å². The third-order valence-corrected chi connectivity index (χ3v) is 3.52. The van der Waals surface area contributed by atoms with Crippen LogP contribution >= 0.6 is 0 Å². The minimum atomic E-state index is 1.03. The highest BCUT2D eigenvalue weighted by atomic mass is 15.1. The quantitative estimate of drug-likeness (QED) is 0.893. The lowest BCUT2D eigenvalue weighted by molar-refractivity contribution is 0.684. The van der Waals surface area contributed by atoms with E-state index in [0.717, 1.165) is 31.8 Å². The molecule has 3 heteroatoms. The monoisotopic (exact) mass is 241 g/mol. The van der Waals surface area contributed by atoms with Crippen LogP contribution in [0.15, 0.2) is 30.6 Å². The van der Waals surface area contributed by atoms with Gasteiger partial charge >= 0.3 is 0 Å². The summed E-state index contributed by atoms with van der Waals surface area (Å²) in [7, 11) is 0. The molecule has 0 atom stereocenters. The fourth-order valence-electron chi connectivity index (χ4n) is 2.69. The summed E-state index contributed by atoms with van der Waals surface area (Å²) < 4.78 is 2.25. The van der Waals surface area contributed by atoms with Gasteiger partial charge in [-0.15, -0.1) is 0 Å². The summed E-state index contributed by atoms with van der Waals surface area (Å²) >= 11 is 0. The zero-order valence-corrected chi connectivity index (χ0v) is 10.8. The molecule has 3 nitrogen and oxygen atoms in total. The van der Waals surface area contributed by atoms with Crippen LogP contribution in [0.5, 0.6) is 0 Å². The van der Waals surface area contributed by atoms with Gasteiger partial charge in [0.15, 0.2) is 0 Å². The van der Waals surface area contributed by atoms with Crippen LogP contribution in [0, 0.1) is 0 Å². The van der Waals surface area contributed by atoms with Gasteiger partial charge in [-0.25, -0.2) is 4.98 Å². The summed E-state index contributed by atoms with van der Waals surface area (Å²) in [5, 5.41) is 3.48. The zero-order chi connectivity index (χ0) is 12.4. The first-order valence-corrected chi connectivity index (χ1v) is 6.77. The van der Waals surface area contributed by atoms with Gasteiger partial charge < -0.3 is 9.88 Å². The molecule has 0 fully saturated rings. The van der Waals surface area contributed by atoms with Crippen LogP contribution < -0.4 is 5.32 Å². The average molecular weight is 241 g/mol. The molecule has 0 bridgehead atoms. The second kappa shape index (κ2) is 4.84. The number of benzene rings is 1. The van der Waals surface area contributed by atoms with Crippen molar-refractivity contribution in [2.75, 3.05) is 11.9 Å². The van der Waals surface area contributed by atoms with Gasteiger partial charge in [-0.05, 0) is 30.9 Å². The lowest BCUT2D eigenvalue weighted by Gasteiger charge is -2.21. The number of rotatable bonds is 3. The van der Waals surface area contributed by atoms with Crippen LogP contribution in [0.4, 0.5) is 5.69 Å². The molecule has 0 aliphatic carbocycles. The third-order valence-electron chi connectivity index (χ3n) is 3.52. The number of fused-ring (bicyclic) bond motifs is 1. The molecule has 2 aromatic rings. The van der Waals surface area contributed by atoms with Crippen LogP contribution in [0.1, 0.15) is 25.3 Å². The summed E-state index contributed by atoms with van der Waals surface area (Å²) in [6.45, 7) is 4.32. The van der Waals surface area contributed by atoms with E-state index < -0.39 is 0 Å². The molecule has 0 spiro atoms. The van der Waals surface area contributed by atoms with Crippen LogP contribution in [0.3, 0.4) is 0 Å². The number of aromatic nitrogens is 2. The lowest BCUT2D eigenvalue weighted by atomic mass is 9.97. The van der Waals surface area contributed by atoms with Gasteiger partial charge in [-0.1, -0.05) is 19.1 Å². The summed E-state index contributed by atoms with van der Waals surface area (Å²) in [4.78, 5) is 4.55. The number of aryl methyl sites for hydroxylation is 1. The van der Waals surface area contributed by atoms with E-state index in [2.05, 4.69) is 46.2 Å². The molecule has 0 saturated heterocycles. The van der Waals surface area contributed by atoms with Gasteiger partial charge in [-0.3, -0.25) is 0 Å². The number of hydrogen-bond acceptors (Lipinski definition) is 2. The minimum Gasteiger partial charge on any atom is -0.385 e. The molecule has 3 rings (SSSR count). The summed E-state index contributed by atoms with van der Waals surface area (Å²) in [5.41, 5.74) is 4.00. The summed E-state index contributed by atoms with van der Waals surface area (Å²) in [6, 6.07) is 6.49. The first kappa shape index (κ1) is 11.3. The molecule has 1 aliphatic heterocycles. The van der Waals surface area contributed by atoms with E-state index in [0.29, 0.717) is 0 Å². The van der Waals surface area contributed by atoms with Crippen molar-refractivity contribution < 1.29 is 0 Å². The van der Waals surface area contributed by atoms with E-state index in [4.69, 9.17) is 0 Å². The molecule has 0 radical (unpaired) electrons. The highest BCUT2D eigenvalue weighted by Crippen LogP contribution is 2.31. The van der Waals surface area contributed by atoms with E-state index in [-0.39, 0.29) is 0 Å². The number of nitrogens with zero attached hydrogens (tertiary/aromatic N) is 2. The zero-order valence-electron chi connectivity index (χ0n) is 10.8. The number of hydrogen-bond donors (Lipinski definition) is 1. The highest BCUT2D eigenvalue weighted by molar-refractivity contribution is 5.71. The molecule has 1 N–H and O–H groups in total. The molecule has 0 saturated carbocycles. The fraction of sp³-hybridized carbons (Fsp3) is 0.400. The Morgan fingerprint density at radius 3 is 3.22 bits per heavy atom. The third kappa shape index (κ3) is 1.90. The second-order valence-electron chi connectivity index (χ2n) is 4.81. The first-order chi connectivity index (χ1) is 8.90. The van der Waals surface area contributed by atoms with E-state index >= 15 is 0 Å². The number of imidazole rings is 1. The van der Waals surface area contributed by atoms with Gasteiger partial charge in [0.1, 0.15) is 5.82 Å². The largest absolute Gasteiger partial charge is 0.385 e.